The Morgan fingerprint density at radius 1 is 0.324 bits per heavy atom. The minimum absolute atomic E-state index is 0. The molecule has 0 heterocycles. The van der Waals surface area contributed by atoms with Crippen molar-refractivity contribution in [2.24, 2.45) is 0 Å². The van der Waals surface area contributed by atoms with Crippen molar-refractivity contribution in [2.75, 3.05) is 0 Å². The third kappa shape index (κ3) is 20.8. The minimum Gasteiger partial charge on any atom is -0.809 e. The topological polar surface area (TPSA) is 382 Å². The van der Waals surface area contributed by atoms with Crippen molar-refractivity contribution in [2.45, 2.75) is 16.6 Å². The van der Waals surface area contributed by atoms with E-state index in [-0.39, 0.29) is 273 Å². The van der Waals surface area contributed by atoms with Gasteiger partial charge in [-0.05, 0) is 45.6 Å². The molecule has 0 aromatic carbocycles. The van der Waals surface area contributed by atoms with Gasteiger partial charge in [-0.2, -0.15) is 0 Å². The van der Waals surface area contributed by atoms with E-state index in [0.717, 1.165) is 0 Å². The molecule has 0 bridgehead atoms. The zero-order valence-corrected chi connectivity index (χ0v) is 42.7. The first-order valence-electron chi connectivity index (χ1n) is 5.61. The van der Waals surface area contributed by atoms with E-state index in [2.05, 4.69) is 0 Å². The van der Waals surface area contributed by atoms with Crippen LogP contribution < -0.4 is 58.7 Å². The van der Waals surface area contributed by atoms with Crippen LogP contribution in [0, 0.1) is 0 Å². The second kappa shape index (κ2) is 22.3. The van der Waals surface area contributed by atoms with Crippen molar-refractivity contribution in [3.05, 3.63) is 0 Å². The van der Waals surface area contributed by atoms with Crippen molar-refractivity contribution in [3.8, 4) is 0 Å². The number of nitrogens with zero attached hydrogens (tertiary/aromatic N) is 1. The van der Waals surface area contributed by atoms with Crippen LogP contribution in [0.2, 0.25) is 0 Å². The molecule has 0 saturated heterocycles. The maximum Gasteiger partial charge on any atom is 2.00 e. The van der Waals surface area contributed by atoms with Gasteiger partial charge in [0, 0.05) is 0 Å². The number of rotatable bonds is 9. The van der Waals surface area contributed by atoms with Crippen molar-refractivity contribution >= 4 is 318 Å². The molecule has 31 heteroatoms. The Labute approximate surface area is 414 Å². The first kappa shape index (κ1) is 59.2. The normalized spacial score (nSPS) is 13.1. The molecule has 0 N–H and O–H groups in total. The Morgan fingerprint density at radius 3 is 0.471 bits per heavy atom. The van der Waals surface area contributed by atoms with Crippen LogP contribution in [0.4, 0.5) is 0 Å². The molecule has 0 saturated carbocycles. The second-order valence-corrected chi connectivity index (χ2v) is 15.4. The predicted octanol–water partition coefficient (Wildman–Crippen LogP) is -12.7. The zero-order valence-electron chi connectivity index (χ0n) is 16.5. The van der Waals surface area contributed by atoms with Crippen LogP contribution in [0.5, 0.6) is 0 Å². The van der Waals surface area contributed by atoms with Gasteiger partial charge in [-0.1, -0.05) is 0 Å². The van der Waals surface area contributed by atoms with Gasteiger partial charge in [-0.25, -0.2) is 0 Å². The summed E-state index contributed by atoms with van der Waals surface area (Å²) in [6.07, 6.45) is 0. The molecule has 19 nitrogen and oxygen atoms in total. The van der Waals surface area contributed by atoms with Gasteiger partial charge in [0.25, 0.3) is 0 Å². The maximum atomic E-state index is 11.0. The first-order chi connectivity index (χ1) is 11.7. The monoisotopic (exact) mass is 1050 g/mol. The Morgan fingerprint density at radius 2 is 0.412 bits per heavy atom. The van der Waals surface area contributed by atoms with Crippen LogP contribution in [0.3, 0.4) is 0 Å². The van der Waals surface area contributed by atoms with Crippen molar-refractivity contribution in [1.82, 2.24) is 4.90 Å². The summed E-state index contributed by atoms with van der Waals surface area (Å²) < 4.78 is 66.1. The van der Waals surface area contributed by atoms with Crippen LogP contribution in [0.15, 0.2) is 0 Å². The van der Waals surface area contributed by atoms with E-state index in [0.29, 0.717) is 0 Å². The first-order valence-corrected chi connectivity index (χ1v) is 15.3. The summed E-state index contributed by atoms with van der Waals surface area (Å²) in [6.45, 7) is 0. The molecular formula is C3H3NO18P6Sr6. The molecule has 0 atom stereocenters. The molecule has 0 aliphatic heterocycles. The van der Waals surface area contributed by atoms with E-state index in [9.17, 15) is 86.1 Å². The fourth-order valence-electron chi connectivity index (χ4n) is 1.86. The molecule has 0 radical (unpaired) electrons. The Balaban J connectivity index is -0.000000243. The van der Waals surface area contributed by atoms with Gasteiger partial charge >= 0.3 is 273 Å². The maximum absolute atomic E-state index is 11.0. The molecule has 0 aliphatic rings. The smallest absolute Gasteiger partial charge is 0.809 e. The molecule has 0 aromatic heterocycles. The Hall–Kier alpha value is 9.74. The molecule has 0 spiro atoms. The summed E-state index contributed by atoms with van der Waals surface area (Å²) in [5.74, 6) is 0. The van der Waals surface area contributed by atoms with Crippen molar-refractivity contribution in [3.63, 3.8) is 0 Å². The number of hydrogen-bond donors (Lipinski definition) is 0. The van der Waals surface area contributed by atoms with Gasteiger partial charge in [0.2, 0.25) is 0 Å². The van der Waals surface area contributed by atoms with Crippen LogP contribution in [0.25, 0.3) is 0 Å². The molecule has 0 fully saturated rings. The number of hydrogen-bond acceptors (Lipinski definition) is 19. The van der Waals surface area contributed by atoms with Gasteiger partial charge < -0.3 is 86.1 Å². The van der Waals surface area contributed by atoms with Crippen molar-refractivity contribution in [1.29, 1.82) is 0 Å². The molecule has 0 amide bonds. The minimum atomic E-state index is -7.40. The molecular weight excluding hydrogens is 1050 g/mol. The van der Waals surface area contributed by atoms with Gasteiger partial charge in [-0.15, -0.1) is 0 Å². The second-order valence-electron chi connectivity index (χ2n) is 4.73. The van der Waals surface area contributed by atoms with Gasteiger partial charge in [0.05, 0.1) is 16.6 Å². The van der Waals surface area contributed by atoms with Crippen LogP contribution in [-0.2, 0) is 27.4 Å². The van der Waals surface area contributed by atoms with Crippen molar-refractivity contribution < 1.29 is 86.1 Å². The summed E-state index contributed by atoms with van der Waals surface area (Å²) in [6, 6.07) is 0. The van der Waals surface area contributed by atoms with Gasteiger partial charge in [-0.3, -0.25) is 4.90 Å². The largest absolute Gasteiger partial charge is 2.00 e. The van der Waals surface area contributed by atoms with E-state index < -0.39 is 67.0 Å². The summed E-state index contributed by atoms with van der Waals surface area (Å²) in [4.78, 5) is 130. The fraction of sp³-hybridized carbons (Fsp3) is 1.00. The summed E-state index contributed by atoms with van der Waals surface area (Å²) in [5, 5.41) is 0. The quantitative estimate of drug-likeness (QED) is 0.153. The van der Waals surface area contributed by atoms with Gasteiger partial charge in [0.15, 0.2) is 0 Å². The molecule has 0 unspecified atom stereocenters. The zero-order chi connectivity index (χ0) is 23.3. The Bertz CT molecular complexity index is 698. The van der Waals surface area contributed by atoms with Gasteiger partial charge in [0.1, 0.15) is 0 Å². The molecule has 34 heavy (non-hydrogen) atoms. The molecule has 0 rings (SSSR count). The van der Waals surface area contributed by atoms with E-state index in [1.54, 1.807) is 0 Å². The molecule has 0 aromatic rings. The third-order valence-electron chi connectivity index (χ3n) is 2.50. The van der Waals surface area contributed by atoms with E-state index in [4.69, 9.17) is 0 Å². The van der Waals surface area contributed by atoms with E-state index in [1.807, 2.05) is 0 Å². The van der Waals surface area contributed by atoms with E-state index >= 15 is 0 Å². The standard InChI is InChI=1S/C3H15NO18P6.6Sr/c5-23(6,7)1(24(8,9)10)4(2(25(11,12)13)26(14,15)16)3(27(17,18)19)28(20,21)22;;;;;;/h1-3H,(H2,5,6,7)(H2,8,9,10)(H2,11,12,13)(H2,14,15,16)(H2,17,18,19)(H2,20,21,22);;;;;;/q;6*+2/p-12. The summed E-state index contributed by atoms with van der Waals surface area (Å²) in [7, 11) is -44.4. The predicted molar refractivity (Wildman–Crippen MR) is 93.4 cm³/mol. The third-order valence-corrected chi connectivity index (χ3v) is 12.6. The Kier molecular flexibility index (Phi) is 38.9. The summed E-state index contributed by atoms with van der Waals surface area (Å²) in [5.41, 5.74) is -14.8. The molecule has 170 valence electrons. The molecule has 0 aliphatic carbocycles. The van der Waals surface area contributed by atoms with E-state index in [1.165, 1.54) is 0 Å². The summed E-state index contributed by atoms with van der Waals surface area (Å²) >= 11 is 0. The van der Waals surface area contributed by atoms with Crippen LogP contribution >= 0.6 is 45.6 Å². The average molecular weight is 1050 g/mol. The SMILES string of the molecule is O=P([O-])([O-])C(N(C(P(=O)([O-])[O-])P(=O)([O-])[O-])C(P(=O)([O-])[O-])P(=O)([O-])[O-])P(=O)([O-])[O-].[Sr+2].[Sr+2].[Sr+2].[Sr+2].[Sr+2].[Sr+2]. The average Bonchev–Trinajstić information content (AvgIpc) is 2.13. The van der Waals surface area contributed by atoms with Crippen LogP contribution in [-0.4, -0.2) is 294 Å². The van der Waals surface area contributed by atoms with Crippen LogP contribution in [0.1, 0.15) is 0 Å². The fourth-order valence-corrected chi connectivity index (χ4v) is 10.8.